The van der Waals surface area contributed by atoms with Gasteiger partial charge in [-0.1, -0.05) is 26.3 Å². The third-order valence-corrected chi connectivity index (χ3v) is 3.85. The van der Waals surface area contributed by atoms with Crippen molar-refractivity contribution in [1.29, 1.82) is 0 Å². The molecule has 0 aliphatic carbocycles. The average molecular weight is 247 g/mol. The van der Waals surface area contributed by atoms with Crippen LogP contribution in [0.4, 0.5) is 0 Å². The van der Waals surface area contributed by atoms with Crippen molar-refractivity contribution in [3.8, 4) is 0 Å². The molecule has 0 atom stereocenters. The zero-order valence-corrected chi connectivity index (χ0v) is 12.1. The van der Waals surface area contributed by atoms with Gasteiger partial charge in [-0.15, -0.1) is 0 Å². The Kier molecular flexibility index (Phi) is 3.91. The summed E-state index contributed by atoms with van der Waals surface area (Å²) in [7, 11) is 0. The number of aromatic nitrogens is 2. The minimum atomic E-state index is 0.257. The fraction of sp³-hybridized carbons (Fsp3) is 0.667. The molecule has 1 N–H and O–H groups in total. The fourth-order valence-corrected chi connectivity index (χ4v) is 2.55. The number of rotatable bonds is 3. The third-order valence-electron chi connectivity index (χ3n) is 3.85. The smallest absolute Gasteiger partial charge is 0.0628 e. The Hall–Kier alpha value is -1.09. The highest BCUT2D eigenvalue weighted by molar-refractivity contribution is 5.52. The summed E-state index contributed by atoms with van der Waals surface area (Å²) >= 11 is 0. The lowest BCUT2D eigenvalue weighted by atomic mass is 9.79. The summed E-state index contributed by atoms with van der Waals surface area (Å²) in [6.45, 7) is 12.1. The number of nitrogens with zero attached hydrogens (tertiary/aromatic N) is 2. The van der Waals surface area contributed by atoms with E-state index in [4.69, 9.17) is 0 Å². The molecule has 1 saturated heterocycles. The van der Waals surface area contributed by atoms with Crippen LogP contribution in [-0.2, 0) is 13.0 Å². The molecule has 18 heavy (non-hydrogen) atoms. The predicted octanol–water partition coefficient (Wildman–Crippen LogP) is 2.87. The molecule has 1 aromatic heterocycles. The van der Waals surface area contributed by atoms with Gasteiger partial charge >= 0.3 is 0 Å². The largest absolute Gasteiger partial charge is 0.316 e. The van der Waals surface area contributed by atoms with Crippen LogP contribution < -0.4 is 5.32 Å². The van der Waals surface area contributed by atoms with E-state index in [-0.39, 0.29) is 5.41 Å². The van der Waals surface area contributed by atoms with Crippen LogP contribution in [0.5, 0.6) is 0 Å². The van der Waals surface area contributed by atoms with Crippen LogP contribution in [0.15, 0.2) is 11.6 Å². The van der Waals surface area contributed by atoms with Crippen molar-refractivity contribution < 1.29 is 0 Å². The SMILES string of the molecule is CCc1cc(/C=C2/CCNCC2(C)C)n(CC)n1. The van der Waals surface area contributed by atoms with Crippen LogP contribution in [0.25, 0.3) is 6.08 Å². The van der Waals surface area contributed by atoms with Crippen molar-refractivity contribution in [3.05, 3.63) is 23.0 Å². The lowest BCUT2D eigenvalue weighted by Crippen LogP contribution is -2.37. The molecule has 1 aromatic rings. The maximum absolute atomic E-state index is 4.62. The molecule has 0 aromatic carbocycles. The van der Waals surface area contributed by atoms with Gasteiger partial charge in [0.25, 0.3) is 0 Å². The van der Waals surface area contributed by atoms with E-state index >= 15 is 0 Å². The summed E-state index contributed by atoms with van der Waals surface area (Å²) in [5, 5.41) is 8.09. The lowest BCUT2D eigenvalue weighted by Gasteiger charge is -2.33. The van der Waals surface area contributed by atoms with Crippen LogP contribution in [0, 0.1) is 5.41 Å². The van der Waals surface area contributed by atoms with Crippen LogP contribution in [0.3, 0.4) is 0 Å². The molecular weight excluding hydrogens is 222 g/mol. The van der Waals surface area contributed by atoms with Crippen LogP contribution in [-0.4, -0.2) is 22.9 Å². The Balaban J connectivity index is 2.33. The molecule has 0 spiro atoms. The van der Waals surface area contributed by atoms with Gasteiger partial charge in [-0.3, -0.25) is 4.68 Å². The van der Waals surface area contributed by atoms with Gasteiger partial charge in [0.2, 0.25) is 0 Å². The van der Waals surface area contributed by atoms with E-state index in [1.807, 2.05) is 0 Å². The van der Waals surface area contributed by atoms with E-state index in [0.717, 1.165) is 32.5 Å². The molecule has 0 unspecified atom stereocenters. The number of hydrogen-bond donors (Lipinski definition) is 1. The van der Waals surface area contributed by atoms with Gasteiger partial charge in [-0.2, -0.15) is 5.10 Å². The molecule has 3 nitrogen and oxygen atoms in total. The number of nitrogens with one attached hydrogen (secondary N) is 1. The first-order chi connectivity index (χ1) is 8.56. The summed E-state index contributed by atoms with van der Waals surface area (Å²) in [5.41, 5.74) is 4.25. The van der Waals surface area contributed by atoms with E-state index in [2.05, 4.69) is 54.9 Å². The van der Waals surface area contributed by atoms with Crippen molar-refractivity contribution in [2.45, 2.75) is 47.1 Å². The van der Waals surface area contributed by atoms with Gasteiger partial charge < -0.3 is 5.32 Å². The second-order valence-electron chi connectivity index (χ2n) is 5.71. The van der Waals surface area contributed by atoms with E-state index < -0.39 is 0 Å². The average Bonchev–Trinajstić information content (AvgIpc) is 2.74. The highest BCUT2D eigenvalue weighted by atomic mass is 15.3. The Morgan fingerprint density at radius 1 is 1.44 bits per heavy atom. The molecule has 2 rings (SSSR count). The molecule has 1 aliphatic heterocycles. The maximum Gasteiger partial charge on any atom is 0.0628 e. The first-order valence-electron chi connectivity index (χ1n) is 7.05. The molecule has 0 radical (unpaired) electrons. The van der Waals surface area contributed by atoms with Crippen molar-refractivity contribution in [2.75, 3.05) is 13.1 Å². The van der Waals surface area contributed by atoms with E-state index in [0.29, 0.717) is 0 Å². The number of hydrogen-bond acceptors (Lipinski definition) is 2. The first kappa shape index (κ1) is 13.3. The Morgan fingerprint density at radius 2 is 2.22 bits per heavy atom. The normalized spacial score (nSPS) is 21.4. The minimum absolute atomic E-state index is 0.257. The molecule has 100 valence electrons. The fourth-order valence-electron chi connectivity index (χ4n) is 2.55. The molecule has 1 aliphatic rings. The molecule has 1 fully saturated rings. The zero-order valence-electron chi connectivity index (χ0n) is 12.1. The predicted molar refractivity (Wildman–Crippen MR) is 76.5 cm³/mol. The van der Waals surface area contributed by atoms with Gasteiger partial charge in [-0.05, 0) is 43.9 Å². The number of aryl methyl sites for hydroxylation is 2. The topological polar surface area (TPSA) is 29.9 Å². The van der Waals surface area contributed by atoms with Gasteiger partial charge in [0.1, 0.15) is 0 Å². The molecular formula is C15H25N3. The maximum atomic E-state index is 4.62. The zero-order chi connectivity index (χ0) is 13.2. The van der Waals surface area contributed by atoms with E-state index in [1.165, 1.54) is 11.4 Å². The summed E-state index contributed by atoms with van der Waals surface area (Å²) in [4.78, 5) is 0. The highest BCUT2D eigenvalue weighted by Crippen LogP contribution is 2.32. The minimum Gasteiger partial charge on any atom is -0.316 e. The first-order valence-corrected chi connectivity index (χ1v) is 7.05. The van der Waals surface area contributed by atoms with Gasteiger partial charge in [0.15, 0.2) is 0 Å². The van der Waals surface area contributed by atoms with Gasteiger partial charge in [-0.25, -0.2) is 0 Å². The number of piperidine rings is 1. The Morgan fingerprint density at radius 3 is 2.83 bits per heavy atom. The molecule has 3 heteroatoms. The Bertz CT molecular complexity index is 441. The standard InChI is InChI=1S/C15H25N3/c1-5-13-10-14(18(6-2)17-13)9-12-7-8-16-11-15(12,3)4/h9-10,16H,5-8,11H2,1-4H3/b12-9-. The third kappa shape index (κ3) is 2.66. The van der Waals surface area contributed by atoms with Crippen molar-refractivity contribution in [3.63, 3.8) is 0 Å². The summed E-state index contributed by atoms with van der Waals surface area (Å²) < 4.78 is 2.12. The van der Waals surface area contributed by atoms with Crippen molar-refractivity contribution in [1.82, 2.24) is 15.1 Å². The molecule has 0 amide bonds. The van der Waals surface area contributed by atoms with E-state index in [9.17, 15) is 0 Å². The summed E-state index contributed by atoms with van der Waals surface area (Å²) in [6, 6.07) is 2.23. The van der Waals surface area contributed by atoms with Crippen LogP contribution >= 0.6 is 0 Å². The Labute approximate surface area is 110 Å². The quantitative estimate of drug-likeness (QED) is 0.890. The second kappa shape index (κ2) is 5.27. The second-order valence-corrected chi connectivity index (χ2v) is 5.71. The monoisotopic (exact) mass is 247 g/mol. The summed E-state index contributed by atoms with van der Waals surface area (Å²) in [5.74, 6) is 0. The highest BCUT2D eigenvalue weighted by Gasteiger charge is 2.26. The van der Waals surface area contributed by atoms with Crippen molar-refractivity contribution >= 4 is 6.08 Å². The van der Waals surface area contributed by atoms with Gasteiger partial charge in [0, 0.05) is 13.1 Å². The van der Waals surface area contributed by atoms with Crippen LogP contribution in [0.2, 0.25) is 0 Å². The molecule has 0 saturated carbocycles. The van der Waals surface area contributed by atoms with Crippen LogP contribution in [0.1, 0.15) is 45.5 Å². The van der Waals surface area contributed by atoms with Gasteiger partial charge in [0.05, 0.1) is 11.4 Å². The van der Waals surface area contributed by atoms with E-state index in [1.54, 1.807) is 5.57 Å². The molecule has 2 heterocycles. The molecule has 0 bridgehead atoms. The summed E-state index contributed by atoms with van der Waals surface area (Å²) in [6.07, 6.45) is 4.51. The van der Waals surface area contributed by atoms with Crippen molar-refractivity contribution in [2.24, 2.45) is 5.41 Å². The lowest BCUT2D eigenvalue weighted by molar-refractivity contribution is 0.360.